The maximum absolute atomic E-state index is 12.8. The Morgan fingerprint density at radius 1 is 0.482 bits per heavy atom. The topological polar surface area (TPSA) is 420 Å². The van der Waals surface area contributed by atoms with Crippen LogP contribution in [0.1, 0.15) is 218 Å². The van der Waals surface area contributed by atoms with Crippen molar-refractivity contribution >= 4 is 183 Å². The Balaban J connectivity index is 0.000000252. The van der Waals surface area contributed by atoms with Gasteiger partial charge in [0.2, 0.25) is 30.1 Å². The Labute approximate surface area is 891 Å². The molecular formula is C97H129Br7Cl2N18O12S3. The van der Waals surface area contributed by atoms with Crippen LogP contribution < -0.4 is 16.4 Å². The lowest BCUT2D eigenvalue weighted by Crippen LogP contribution is -2.51. The van der Waals surface area contributed by atoms with E-state index in [0.717, 1.165) is 106 Å². The van der Waals surface area contributed by atoms with E-state index in [1.807, 2.05) is 129 Å². The smallest absolute Gasteiger partial charge is 0.410 e. The number of benzene rings is 1. The molecule has 0 bridgehead atoms. The van der Waals surface area contributed by atoms with Crippen LogP contribution in [0.2, 0.25) is 10.0 Å². The van der Waals surface area contributed by atoms with Crippen LogP contribution in [0, 0.1) is 51.2 Å². The molecule has 13 heterocycles. The number of likely N-dealkylation sites (tertiary alicyclic amines) is 2. The Bertz CT molecular complexity index is 5640. The first kappa shape index (κ1) is 121. The van der Waals surface area contributed by atoms with Crippen molar-refractivity contribution < 1.29 is 53.8 Å². The minimum atomic E-state index is -3.28. The fraction of sp³-hybridized carbons (Fsp3) is 0.557. The predicted octanol–water partition coefficient (Wildman–Crippen LogP) is 20.8. The van der Waals surface area contributed by atoms with Crippen LogP contribution in [-0.4, -0.2) is 229 Å². The van der Waals surface area contributed by atoms with Crippen LogP contribution in [0.4, 0.5) is 9.59 Å². The van der Waals surface area contributed by atoms with E-state index in [4.69, 9.17) is 48.4 Å². The van der Waals surface area contributed by atoms with Gasteiger partial charge in [0, 0.05) is 173 Å². The van der Waals surface area contributed by atoms with E-state index < -0.39 is 62.9 Å². The van der Waals surface area contributed by atoms with Gasteiger partial charge in [-0.1, -0.05) is 51.4 Å². The number of carbonyl (C=O) groups is 3. The molecule has 7 aliphatic rings. The van der Waals surface area contributed by atoms with Gasteiger partial charge in [-0.15, -0.1) is 0 Å². The summed E-state index contributed by atoms with van der Waals surface area (Å²) in [6, 6.07) is 36.8. The number of rotatable bonds is 18. The van der Waals surface area contributed by atoms with Gasteiger partial charge in [-0.3, -0.25) is 29.7 Å². The van der Waals surface area contributed by atoms with E-state index >= 15 is 0 Å². The molecule has 0 unspecified atom stereocenters. The zero-order valence-electron chi connectivity index (χ0n) is 79.5. The van der Waals surface area contributed by atoms with Crippen molar-refractivity contribution in [2.24, 2.45) is 11.7 Å². The van der Waals surface area contributed by atoms with Gasteiger partial charge < -0.3 is 40.4 Å². The van der Waals surface area contributed by atoms with Crippen molar-refractivity contribution in [1.82, 2.24) is 63.3 Å². The van der Waals surface area contributed by atoms with E-state index in [0.29, 0.717) is 165 Å². The third-order valence-corrected chi connectivity index (χ3v) is 35.8. The number of nitrogens with two attached hydrogens (primary N) is 1. The highest BCUT2D eigenvalue weighted by Gasteiger charge is 2.47. The second-order valence-electron chi connectivity index (χ2n) is 36.2. The average molecular weight is 2470 g/mol. The summed E-state index contributed by atoms with van der Waals surface area (Å²) in [7, 11) is -9.59. The normalized spacial score (nSPS) is 17.9. The second kappa shape index (κ2) is 57.5. The molecule has 7 saturated heterocycles. The van der Waals surface area contributed by atoms with Gasteiger partial charge in [0.15, 0.2) is 0 Å². The molecule has 0 saturated carbocycles. The fourth-order valence-electron chi connectivity index (χ4n) is 16.4. The molecule has 7 aliphatic heterocycles. The molecule has 139 heavy (non-hydrogen) atoms. The first-order valence-electron chi connectivity index (χ1n) is 45.9. The predicted molar refractivity (Wildman–Crippen MR) is 569 cm³/mol. The number of halogens is 9. The summed E-state index contributed by atoms with van der Waals surface area (Å²) in [5.41, 5.74) is 6.99. The van der Waals surface area contributed by atoms with Crippen molar-refractivity contribution in [1.29, 1.82) is 21.0 Å². The lowest BCUT2D eigenvalue weighted by atomic mass is 9.75. The minimum absolute atomic E-state index is 0. The number of pyridine rings is 6. The summed E-state index contributed by atoms with van der Waals surface area (Å²) in [5.74, 6) is 0.312. The quantitative estimate of drug-likeness (QED) is 0.0672. The Morgan fingerprint density at radius 2 is 0.813 bits per heavy atom. The van der Waals surface area contributed by atoms with E-state index in [1.165, 1.54) is 23.2 Å². The SMILES string of the molecule is Brc1cccnc1Br.C.C1CCOC1.CC(C)(C)OC(=O)N1CCC(C#N)(c2ncccc2Br)CC1.CC(C)(C)OC(=O)N1CCC(C#N)CC1.CCCS(=O)(=O)N1CCC(C#N)(c2ncccc2Br)CC1.CCCS(=O)(=O)N1CCC(CN)(c2ncccc2Br)CC1.CCCS(=O)(=O)N1CCC(CNC(=O)c2ccc(Cl)cc2Cl)(c2ncccc2Br)CC1.N#CC1(c2ncccc2Br)CCNCC1. The molecular weight excluding hydrogens is 2340 g/mol. The molecule has 1 aromatic carbocycles. The fourth-order valence-corrected chi connectivity index (χ4v) is 25.2. The van der Waals surface area contributed by atoms with E-state index in [1.54, 1.807) is 73.8 Å². The number of aromatic nitrogens is 6. The second-order valence-corrected chi connectivity index (χ2v) is 49.1. The maximum Gasteiger partial charge on any atom is 0.410 e. The van der Waals surface area contributed by atoms with Crippen molar-refractivity contribution in [2.75, 3.05) is 122 Å². The molecule has 30 nitrogen and oxygen atoms in total. The molecule has 0 radical (unpaired) electrons. The molecule has 4 N–H and O–H groups in total. The summed E-state index contributed by atoms with van der Waals surface area (Å²) in [4.78, 5) is 65.9. The van der Waals surface area contributed by atoms with Crippen molar-refractivity contribution in [2.45, 2.75) is 217 Å². The van der Waals surface area contributed by atoms with Gasteiger partial charge in [0.1, 0.15) is 32.1 Å². The molecule has 3 amide bonds. The number of amides is 3. The standard InChI is InChI=1S/C21H24BrCl2N3O3S.C16H20BrN3O2.C14H22BrN3O2S.C14H18BrN3O2S.C11H12BrN3.C11H18N2O2.C5H3Br2N.C4H8O.CH4/c1-2-12-31(29,30)27-10-7-21(8-11-27,19-17(22)4-3-9-25-19)14-26-20(28)16-6-5-15(23)13-18(16)24;1-15(2,3)22-14(21)20-9-6-16(11-18,7-10-20)13-12(17)5-4-8-19-13;2*1-2-10-21(19,20)18-8-5-14(11-16,6-9-18)13-12(15)4-3-7-17-13;12-9-2-1-5-15-10(9)11(8-13)3-6-14-7-4-11;1-11(2,3)15-10(14)13-6-4-9(8-12)5-7-13;6-4-2-1-3-8-5(4)7;1-2-4-5-3-1;/h3-6,9,13H,2,7-8,10-12,14H2,1H3,(H,26,28);4-5,8H,6-7,9-10H2,1-3H3;3-4,7H,2,5-6,8-11,16H2,1H3;3-4,7H,2,5-6,8-10H2,1H3;1-2,5,14H,3-4,6-7H2;9H,4-7H2,1-3H3;1-3H;1-4H2;1H4. The molecule has 42 heteroatoms. The number of nitrogens with zero attached hydrogens (tertiary/aromatic N) is 15. The molecule has 7 fully saturated rings. The number of ether oxygens (including phenoxy) is 3. The molecule has 0 aliphatic carbocycles. The number of nitrogens with one attached hydrogen (secondary N) is 2. The third-order valence-electron chi connectivity index (χ3n) is 24.1. The van der Waals surface area contributed by atoms with Gasteiger partial charge in [0.05, 0.1) is 85.1 Å². The summed E-state index contributed by atoms with van der Waals surface area (Å²) in [5, 5.41) is 44.4. The first-order chi connectivity index (χ1) is 65.4. The van der Waals surface area contributed by atoms with Crippen molar-refractivity contribution in [3.8, 4) is 24.3 Å². The Hall–Kier alpha value is -6.36. The zero-order chi connectivity index (χ0) is 102. The summed E-state index contributed by atoms with van der Waals surface area (Å²) in [6.45, 7) is 26.0. The van der Waals surface area contributed by atoms with Crippen molar-refractivity contribution in [3.63, 3.8) is 0 Å². The highest BCUT2D eigenvalue weighted by Crippen LogP contribution is 2.44. The largest absolute Gasteiger partial charge is 0.444 e. The van der Waals surface area contributed by atoms with Crippen LogP contribution in [-0.2, 0) is 71.4 Å². The minimum Gasteiger partial charge on any atom is -0.444 e. The number of piperidine rings is 6. The number of nitriles is 4. The number of sulfonamides is 3. The summed E-state index contributed by atoms with van der Waals surface area (Å²) < 4.78 is 100.0. The van der Waals surface area contributed by atoms with Gasteiger partial charge >= 0.3 is 12.2 Å². The molecule has 760 valence electrons. The van der Waals surface area contributed by atoms with Crippen LogP contribution in [0.5, 0.6) is 0 Å². The number of hydrogen-bond acceptors (Lipinski definition) is 24. The van der Waals surface area contributed by atoms with Crippen LogP contribution >= 0.6 is 135 Å². The Kier molecular flexibility index (Phi) is 50.2. The van der Waals surface area contributed by atoms with Crippen LogP contribution in [0.3, 0.4) is 0 Å². The third kappa shape index (κ3) is 36.1. The summed E-state index contributed by atoms with van der Waals surface area (Å²) in [6.07, 6.45) is 21.9. The van der Waals surface area contributed by atoms with Crippen LogP contribution in [0.25, 0.3) is 0 Å². The monoisotopic (exact) mass is 2460 g/mol. The molecule has 14 rings (SSSR count). The molecule has 6 aromatic heterocycles. The lowest BCUT2D eigenvalue weighted by Gasteiger charge is -2.41. The van der Waals surface area contributed by atoms with Crippen molar-refractivity contribution in [3.05, 3.63) is 204 Å². The maximum atomic E-state index is 12.8. The number of carbonyl (C=O) groups excluding carboxylic acids is 3. The van der Waals surface area contributed by atoms with E-state index in [-0.39, 0.29) is 59.1 Å². The Morgan fingerprint density at radius 3 is 1.12 bits per heavy atom. The van der Waals surface area contributed by atoms with Crippen LogP contribution in [0.15, 0.2) is 160 Å². The van der Waals surface area contributed by atoms with Gasteiger partial charge in [0.25, 0.3) is 5.91 Å². The molecule has 0 spiro atoms. The summed E-state index contributed by atoms with van der Waals surface area (Å²) >= 11 is 36.1. The first-order valence-corrected chi connectivity index (χ1v) is 57.1. The van der Waals surface area contributed by atoms with E-state index in [2.05, 4.69) is 176 Å². The average Bonchev–Trinajstić information content (AvgIpc) is 1.31. The van der Waals surface area contributed by atoms with Gasteiger partial charge in [-0.25, -0.2) is 52.7 Å². The zero-order valence-corrected chi connectivity index (χ0v) is 94.5. The highest BCUT2D eigenvalue weighted by molar-refractivity contribution is 9.13. The van der Waals surface area contributed by atoms with Gasteiger partial charge in [-0.2, -0.15) is 21.0 Å². The highest BCUT2D eigenvalue weighted by atomic mass is 79.9. The molecule has 0 atom stereocenters. The number of hydrogen-bond donors (Lipinski definition) is 3. The van der Waals surface area contributed by atoms with Gasteiger partial charge in [-0.05, 0) is 366 Å². The molecule has 7 aromatic rings. The lowest BCUT2D eigenvalue weighted by molar-refractivity contribution is 0.0178. The van der Waals surface area contributed by atoms with E-state index in [9.17, 15) is 55.4 Å².